The van der Waals surface area contributed by atoms with E-state index in [9.17, 15) is 19.2 Å². The van der Waals surface area contributed by atoms with E-state index in [1.165, 1.54) is 26.4 Å². The fraction of sp³-hybridized carbons (Fsp3) is 0.605. The molecule has 9 nitrogen and oxygen atoms in total. The number of carbonyl (C=O) groups is 2. The van der Waals surface area contributed by atoms with Gasteiger partial charge in [0.1, 0.15) is 11.6 Å². The van der Waals surface area contributed by atoms with Crippen LogP contribution in [0.15, 0.2) is 36.4 Å². The number of nitrogens with one attached hydrogen (secondary N) is 1. The summed E-state index contributed by atoms with van der Waals surface area (Å²) in [4.78, 5) is 31.0. The third kappa shape index (κ3) is 7.45. The highest BCUT2D eigenvalue weighted by Gasteiger charge is 2.53. The van der Waals surface area contributed by atoms with Gasteiger partial charge in [-0.3, -0.25) is 14.6 Å². The number of amides is 1. The van der Waals surface area contributed by atoms with Crippen molar-refractivity contribution >= 4 is 17.7 Å². The number of benzene rings is 2. The minimum absolute atomic E-state index is 0.00646. The number of piperidine rings is 1. The van der Waals surface area contributed by atoms with Crippen molar-refractivity contribution in [3.8, 4) is 6.07 Å². The third-order valence-corrected chi connectivity index (χ3v) is 11.8. The first kappa shape index (κ1) is 36.0. The molecule has 3 saturated heterocycles. The molecular formula is C38H48F3N5O4. The van der Waals surface area contributed by atoms with Crippen LogP contribution in [0.3, 0.4) is 0 Å². The number of methoxy groups -OCH3 is 2. The van der Waals surface area contributed by atoms with E-state index in [0.717, 1.165) is 49.9 Å². The first-order valence-corrected chi connectivity index (χ1v) is 17.8. The monoisotopic (exact) mass is 695 g/mol. The smallest absolute Gasteiger partial charge is 0.406 e. The molecule has 50 heavy (non-hydrogen) atoms. The molecule has 2 aromatic carbocycles. The number of carbonyl (C=O) groups excluding carboxylic acids is 2. The summed E-state index contributed by atoms with van der Waals surface area (Å²) in [5.74, 6) is -1.20. The Balaban J connectivity index is 1.18. The molecule has 4 fully saturated rings. The zero-order valence-electron chi connectivity index (χ0n) is 29.1. The predicted molar refractivity (Wildman–Crippen MR) is 182 cm³/mol. The fourth-order valence-corrected chi connectivity index (χ4v) is 9.23. The summed E-state index contributed by atoms with van der Waals surface area (Å²) in [6.45, 7) is 4.23. The second-order valence-electron chi connectivity index (χ2n) is 14.7. The summed E-state index contributed by atoms with van der Waals surface area (Å²) in [6, 6.07) is 11.7. The quantitative estimate of drug-likeness (QED) is 0.289. The van der Waals surface area contributed by atoms with Gasteiger partial charge in [0.05, 0.1) is 44.6 Å². The number of halogens is 3. The number of ether oxygens (including phenoxy) is 2. The number of nitrogens with zero attached hydrogens (tertiary/aromatic N) is 4. The second kappa shape index (κ2) is 15.2. The molecule has 1 saturated carbocycles. The standard InChI is InChI=1S/C38H48F3N5O4/c1-49-35(47)18-26-6-3-9-32(26)38(22-43-36(48)50-2,30-7-4-8-31(39)19-30)29-10-14-45(15-11-29)23-37(41)24-46(25-37)34-17-28(21-44-12-5-13-44)27(20-42)16-33(34)40/h4,7-8,16-17,19,26,29,32H,3,5-6,9-15,18,21-25H2,1-2H3,(H,43,48)/t26-,32+,38+/m1/s1. The van der Waals surface area contributed by atoms with Crippen LogP contribution in [0.4, 0.5) is 23.7 Å². The zero-order valence-corrected chi connectivity index (χ0v) is 29.1. The summed E-state index contributed by atoms with van der Waals surface area (Å²) >= 11 is 0. The van der Waals surface area contributed by atoms with Gasteiger partial charge >= 0.3 is 12.1 Å². The molecule has 12 heteroatoms. The maximum atomic E-state index is 16.2. The Morgan fingerprint density at radius 2 is 1.76 bits per heavy atom. The van der Waals surface area contributed by atoms with Crippen molar-refractivity contribution in [1.29, 1.82) is 5.26 Å². The largest absolute Gasteiger partial charge is 0.469 e. The average Bonchev–Trinajstić information content (AvgIpc) is 3.54. The summed E-state index contributed by atoms with van der Waals surface area (Å²) in [5, 5.41) is 12.5. The van der Waals surface area contributed by atoms with Crippen LogP contribution in [0.2, 0.25) is 0 Å². The van der Waals surface area contributed by atoms with E-state index in [1.54, 1.807) is 23.1 Å². The number of hydrogen-bond acceptors (Lipinski definition) is 8. The lowest BCUT2D eigenvalue weighted by Gasteiger charge is -2.52. The number of alkyl carbamates (subject to hydrolysis) is 1. The Bertz CT molecular complexity index is 1580. The molecule has 1 aliphatic carbocycles. The van der Waals surface area contributed by atoms with Gasteiger partial charge in [-0.05, 0) is 111 Å². The van der Waals surface area contributed by atoms with Crippen molar-refractivity contribution in [2.24, 2.45) is 17.8 Å². The molecule has 3 aliphatic heterocycles. The van der Waals surface area contributed by atoms with Gasteiger partial charge in [-0.1, -0.05) is 18.6 Å². The highest BCUT2D eigenvalue weighted by atomic mass is 19.1. The Morgan fingerprint density at radius 3 is 2.40 bits per heavy atom. The lowest BCUT2D eigenvalue weighted by Crippen LogP contribution is -2.65. The van der Waals surface area contributed by atoms with Crippen molar-refractivity contribution < 1.29 is 32.2 Å². The van der Waals surface area contributed by atoms with E-state index in [0.29, 0.717) is 43.7 Å². The predicted octanol–water partition coefficient (Wildman–Crippen LogP) is 5.56. The Labute approximate surface area is 292 Å². The number of nitriles is 1. The molecule has 1 N–H and O–H groups in total. The first-order valence-electron chi connectivity index (χ1n) is 17.8. The van der Waals surface area contributed by atoms with Crippen LogP contribution >= 0.6 is 0 Å². The molecule has 3 heterocycles. The fourth-order valence-electron chi connectivity index (χ4n) is 9.23. The summed E-state index contributed by atoms with van der Waals surface area (Å²) in [7, 11) is 2.69. The lowest BCUT2D eigenvalue weighted by atomic mass is 9.57. The number of alkyl halides is 1. The van der Waals surface area contributed by atoms with Crippen LogP contribution < -0.4 is 10.2 Å². The minimum Gasteiger partial charge on any atom is -0.469 e. The summed E-state index contributed by atoms with van der Waals surface area (Å²) < 4.78 is 56.2. The maximum Gasteiger partial charge on any atom is 0.406 e. The van der Waals surface area contributed by atoms with Crippen LogP contribution in [0.1, 0.15) is 61.6 Å². The van der Waals surface area contributed by atoms with Crippen LogP contribution in [0.25, 0.3) is 0 Å². The Kier molecular flexibility index (Phi) is 10.9. The van der Waals surface area contributed by atoms with Crippen molar-refractivity contribution in [2.45, 2.75) is 62.6 Å². The van der Waals surface area contributed by atoms with Crippen LogP contribution in [0, 0.1) is 40.7 Å². The van der Waals surface area contributed by atoms with Crippen LogP contribution in [-0.2, 0) is 26.2 Å². The normalized spacial score (nSPS) is 23.6. The van der Waals surface area contributed by atoms with Gasteiger partial charge in [0.25, 0.3) is 0 Å². The zero-order chi connectivity index (χ0) is 35.5. The number of hydrogen-bond donors (Lipinski definition) is 1. The van der Waals surface area contributed by atoms with E-state index in [4.69, 9.17) is 9.47 Å². The number of anilines is 1. The Hall–Kier alpha value is -3.82. The molecule has 6 rings (SSSR count). The number of rotatable bonds is 12. The van der Waals surface area contributed by atoms with Crippen molar-refractivity contribution in [1.82, 2.24) is 15.1 Å². The molecule has 4 aliphatic rings. The summed E-state index contributed by atoms with van der Waals surface area (Å²) in [6.07, 6.45) is 4.69. The molecule has 0 spiro atoms. The molecule has 3 atom stereocenters. The third-order valence-electron chi connectivity index (χ3n) is 11.8. The molecule has 0 aromatic heterocycles. The SMILES string of the molecule is COC(=O)C[C@H]1CCC[C@@H]1[C@](CNC(=O)OC)(c1cccc(F)c1)C1CCN(CC2(F)CN(c3cc(CN4CCC4)c(C#N)cc3F)C2)CC1. The molecule has 2 aromatic rings. The molecule has 270 valence electrons. The van der Waals surface area contributed by atoms with Crippen molar-refractivity contribution in [3.63, 3.8) is 0 Å². The van der Waals surface area contributed by atoms with Gasteiger partial charge in [-0.25, -0.2) is 18.0 Å². The molecule has 0 bridgehead atoms. The molecule has 0 radical (unpaired) electrons. The van der Waals surface area contributed by atoms with E-state index in [2.05, 4.69) is 21.2 Å². The summed E-state index contributed by atoms with van der Waals surface area (Å²) in [5.41, 5.74) is -0.0150. The van der Waals surface area contributed by atoms with E-state index in [-0.39, 0.29) is 62.1 Å². The van der Waals surface area contributed by atoms with Gasteiger partial charge in [0.2, 0.25) is 0 Å². The van der Waals surface area contributed by atoms with Gasteiger partial charge in [0, 0.05) is 31.5 Å². The van der Waals surface area contributed by atoms with Crippen LogP contribution in [-0.4, -0.2) is 94.1 Å². The molecular weight excluding hydrogens is 647 g/mol. The van der Waals surface area contributed by atoms with E-state index >= 15 is 8.78 Å². The average molecular weight is 696 g/mol. The molecule has 0 unspecified atom stereocenters. The second-order valence-corrected chi connectivity index (χ2v) is 14.7. The minimum atomic E-state index is -1.52. The van der Waals surface area contributed by atoms with Crippen LogP contribution in [0.5, 0.6) is 0 Å². The molecule has 1 amide bonds. The Morgan fingerprint density at radius 1 is 1.00 bits per heavy atom. The number of likely N-dealkylation sites (tertiary alicyclic amines) is 2. The van der Waals surface area contributed by atoms with E-state index < -0.39 is 23.0 Å². The van der Waals surface area contributed by atoms with Gasteiger partial charge in [0.15, 0.2) is 5.67 Å². The van der Waals surface area contributed by atoms with Gasteiger partial charge in [-0.15, -0.1) is 0 Å². The van der Waals surface area contributed by atoms with E-state index in [1.807, 2.05) is 6.07 Å². The van der Waals surface area contributed by atoms with Gasteiger partial charge in [-0.2, -0.15) is 5.26 Å². The van der Waals surface area contributed by atoms with Crippen molar-refractivity contribution in [2.75, 3.05) is 71.5 Å². The highest BCUT2D eigenvalue weighted by Crippen LogP contribution is 2.53. The first-order chi connectivity index (χ1) is 24.1. The van der Waals surface area contributed by atoms with Crippen molar-refractivity contribution in [3.05, 3.63) is 64.7 Å². The van der Waals surface area contributed by atoms with Gasteiger partial charge < -0.3 is 19.7 Å². The lowest BCUT2D eigenvalue weighted by molar-refractivity contribution is -0.142. The topological polar surface area (TPSA) is 98.1 Å². The maximum absolute atomic E-state index is 16.2. The highest BCUT2D eigenvalue weighted by molar-refractivity contribution is 5.69. The number of esters is 1.